The van der Waals surface area contributed by atoms with Gasteiger partial charge in [-0.1, -0.05) is 63.6 Å². The summed E-state index contributed by atoms with van der Waals surface area (Å²) in [6.07, 6.45) is 9.35. The van der Waals surface area contributed by atoms with E-state index in [0.717, 1.165) is 12.4 Å². The topological polar surface area (TPSA) is 9.23 Å². The van der Waals surface area contributed by atoms with Crippen molar-refractivity contribution in [3.8, 4) is 5.75 Å². The molecule has 1 aromatic rings. The molecule has 0 aliphatic carbocycles. The Morgan fingerprint density at radius 1 is 0.824 bits per heavy atom. The Morgan fingerprint density at radius 2 is 1.41 bits per heavy atom. The molecule has 1 nitrogen and oxygen atoms in total. The van der Waals surface area contributed by atoms with E-state index in [1.54, 1.807) is 0 Å². The van der Waals surface area contributed by atoms with E-state index in [2.05, 4.69) is 6.92 Å². The number of benzene rings is 1. The molecular formula is C15H24KO. The average molecular weight is 259 g/mol. The van der Waals surface area contributed by atoms with Gasteiger partial charge in [-0.2, -0.15) is 0 Å². The molecule has 0 saturated heterocycles. The fourth-order valence-corrected chi connectivity index (χ4v) is 1.77. The first-order valence-corrected chi connectivity index (χ1v) is 6.61. The molecule has 0 unspecified atom stereocenters. The van der Waals surface area contributed by atoms with Gasteiger partial charge in [-0.3, -0.25) is 0 Å². The molecule has 0 amide bonds. The van der Waals surface area contributed by atoms with Crippen LogP contribution in [-0.4, -0.2) is 58.0 Å². The van der Waals surface area contributed by atoms with Crippen LogP contribution in [0, 0.1) is 0 Å². The smallest absolute Gasteiger partial charge is 0.119 e. The number of unbranched alkanes of at least 4 members (excludes halogenated alkanes) is 6. The van der Waals surface area contributed by atoms with Gasteiger partial charge in [0.15, 0.2) is 0 Å². The molecule has 0 bridgehead atoms. The Labute approximate surface area is 149 Å². The first-order valence-electron chi connectivity index (χ1n) is 6.61. The minimum absolute atomic E-state index is 0. The number of para-hydroxylation sites is 1. The standard InChI is InChI=1S/C15H24O.K/c1-2-3-4-5-6-7-11-14-16-15-12-9-8-10-13-15;/h8-10,12-13H,2-7,11,14H2,1H3;. The molecule has 17 heavy (non-hydrogen) atoms. The summed E-state index contributed by atoms with van der Waals surface area (Å²) in [5.74, 6) is 0.994. The van der Waals surface area contributed by atoms with Crippen molar-refractivity contribution in [1.29, 1.82) is 0 Å². The third-order valence-corrected chi connectivity index (χ3v) is 2.76. The monoisotopic (exact) mass is 259 g/mol. The predicted molar refractivity (Wildman–Crippen MR) is 75.7 cm³/mol. The van der Waals surface area contributed by atoms with Gasteiger partial charge in [0.25, 0.3) is 0 Å². The van der Waals surface area contributed by atoms with Gasteiger partial charge in [0, 0.05) is 51.4 Å². The van der Waals surface area contributed by atoms with Crippen LogP contribution in [0.4, 0.5) is 0 Å². The van der Waals surface area contributed by atoms with E-state index >= 15 is 0 Å². The van der Waals surface area contributed by atoms with Crippen LogP contribution < -0.4 is 4.74 Å². The zero-order valence-corrected chi connectivity index (χ0v) is 14.6. The Kier molecular flexibility index (Phi) is 13.6. The number of hydrogen-bond acceptors (Lipinski definition) is 1. The van der Waals surface area contributed by atoms with Crippen LogP contribution in [0.15, 0.2) is 30.3 Å². The van der Waals surface area contributed by atoms with E-state index in [0.29, 0.717) is 0 Å². The Morgan fingerprint density at radius 3 is 2.06 bits per heavy atom. The molecule has 1 aromatic carbocycles. The summed E-state index contributed by atoms with van der Waals surface area (Å²) in [7, 11) is 0. The molecule has 1 rings (SSSR count). The van der Waals surface area contributed by atoms with Crippen LogP contribution in [0.5, 0.6) is 5.75 Å². The maximum absolute atomic E-state index is 5.63. The van der Waals surface area contributed by atoms with Crippen molar-refractivity contribution < 1.29 is 4.74 Å². The van der Waals surface area contributed by atoms with Crippen molar-refractivity contribution in [1.82, 2.24) is 0 Å². The van der Waals surface area contributed by atoms with E-state index in [1.165, 1.54) is 44.9 Å². The second kappa shape index (κ2) is 13.1. The third kappa shape index (κ3) is 10.3. The van der Waals surface area contributed by atoms with E-state index in [9.17, 15) is 0 Å². The Hall–Kier alpha value is 0.656. The summed E-state index contributed by atoms with van der Waals surface area (Å²) in [6, 6.07) is 10.1. The maximum atomic E-state index is 5.63. The van der Waals surface area contributed by atoms with Gasteiger partial charge in [-0.25, -0.2) is 0 Å². The van der Waals surface area contributed by atoms with Gasteiger partial charge in [0.05, 0.1) is 6.61 Å². The molecule has 0 aliphatic rings. The minimum atomic E-state index is 0. The molecule has 91 valence electrons. The maximum Gasteiger partial charge on any atom is 0.119 e. The Bertz CT molecular complexity index is 248. The SMILES string of the molecule is CCCCCCCCCOc1ccccc1.[K]. The summed E-state index contributed by atoms with van der Waals surface area (Å²) < 4.78 is 5.63. The molecular weight excluding hydrogens is 235 g/mol. The fourth-order valence-electron chi connectivity index (χ4n) is 1.77. The predicted octanol–water partition coefficient (Wildman–Crippen LogP) is 4.44. The average Bonchev–Trinajstić information content (AvgIpc) is 2.34. The fraction of sp³-hybridized carbons (Fsp3) is 0.600. The van der Waals surface area contributed by atoms with E-state index in [1.807, 2.05) is 30.3 Å². The van der Waals surface area contributed by atoms with Crippen molar-refractivity contribution in [3.05, 3.63) is 30.3 Å². The van der Waals surface area contributed by atoms with Gasteiger partial charge in [-0.15, -0.1) is 0 Å². The first-order chi connectivity index (χ1) is 7.93. The van der Waals surface area contributed by atoms with Crippen molar-refractivity contribution in [3.63, 3.8) is 0 Å². The normalized spacial score (nSPS) is 9.71. The van der Waals surface area contributed by atoms with Crippen molar-refractivity contribution in [2.75, 3.05) is 6.61 Å². The van der Waals surface area contributed by atoms with Crippen LogP contribution in [0.25, 0.3) is 0 Å². The quantitative estimate of drug-likeness (QED) is 0.471. The van der Waals surface area contributed by atoms with Gasteiger partial charge in [0.2, 0.25) is 0 Å². The van der Waals surface area contributed by atoms with Crippen LogP contribution in [0.3, 0.4) is 0 Å². The molecule has 2 heteroatoms. The summed E-state index contributed by atoms with van der Waals surface area (Å²) in [5.41, 5.74) is 0. The van der Waals surface area contributed by atoms with Gasteiger partial charge in [-0.05, 0) is 18.6 Å². The van der Waals surface area contributed by atoms with Crippen molar-refractivity contribution in [2.45, 2.75) is 51.9 Å². The largest absolute Gasteiger partial charge is 0.494 e. The zero-order valence-electron chi connectivity index (χ0n) is 11.5. The molecule has 0 N–H and O–H groups in total. The van der Waals surface area contributed by atoms with Crippen molar-refractivity contribution in [2.24, 2.45) is 0 Å². The van der Waals surface area contributed by atoms with Gasteiger partial charge in [0.1, 0.15) is 5.75 Å². The Balaban J connectivity index is 0.00000256. The van der Waals surface area contributed by atoms with Crippen LogP contribution in [0.2, 0.25) is 0 Å². The molecule has 1 radical (unpaired) electrons. The molecule has 0 heterocycles. The van der Waals surface area contributed by atoms with Crippen LogP contribution in [0.1, 0.15) is 51.9 Å². The number of rotatable bonds is 9. The van der Waals surface area contributed by atoms with E-state index in [4.69, 9.17) is 4.74 Å². The van der Waals surface area contributed by atoms with Crippen LogP contribution >= 0.6 is 0 Å². The summed E-state index contributed by atoms with van der Waals surface area (Å²) in [4.78, 5) is 0. The summed E-state index contributed by atoms with van der Waals surface area (Å²) >= 11 is 0. The second-order valence-electron chi connectivity index (χ2n) is 4.28. The van der Waals surface area contributed by atoms with Crippen molar-refractivity contribution >= 4 is 51.4 Å². The number of hydrogen-bond donors (Lipinski definition) is 0. The summed E-state index contributed by atoms with van der Waals surface area (Å²) in [6.45, 7) is 3.12. The molecule has 0 saturated carbocycles. The molecule has 0 fully saturated rings. The van der Waals surface area contributed by atoms with Crippen LogP contribution in [-0.2, 0) is 0 Å². The zero-order chi connectivity index (χ0) is 11.5. The first kappa shape index (κ1) is 17.7. The summed E-state index contributed by atoms with van der Waals surface area (Å²) in [5, 5.41) is 0. The molecule has 0 spiro atoms. The molecule has 0 atom stereocenters. The molecule has 0 aromatic heterocycles. The minimum Gasteiger partial charge on any atom is -0.494 e. The van der Waals surface area contributed by atoms with E-state index in [-0.39, 0.29) is 51.4 Å². The van der Waals surface area contributed by atoms with Gasteiger partial charge >= 0.3 is 0 Å². The third-order valence-electron chi connectivity index (χ3n) is 2.76. The van der Waals surface area contributed by atoms with Gasteiger partial charge < -0.3 is 4.74 Å². The second-order valence-corrected chi connectivity index (χ2v) is 4.28. The van der Waals surface area contributed by atoms with E-state index < -0.39 is 0 Å². The molecule has 0 aliphatic heterocycles. The number of ether oxygens (including phenoxy) is 1.